The molecule has 1 aromatic heterocycles. The van der Waals surface area contributed by atoms with Gasteiger partial charge in [0.25, 0.3) is 5.91 Å². The monoisotopic (exact) mass is 497 g/mol. The van der Waals surface area contributed by atoms with Crippen molar-refractivity contribution >= 4 is 29.3 Å². The summed E-state index contributed by atoms with van der Waals surface area (Å²) in [6.07, 6.45) is 5.39. The molecule has 35 heavy (non-hydrogen) atoms. The third kappa shape index (κ3) is 5.89. The Labute approximate surface area is 207 Å². The van der Waals surface area contributed by atoms with Gasteiger partial charge in [-0.05, 0) is 61.6 Å². The summed E-state index contributed by atoms with van der Waals surface area (Å²) in [4.78, 5) is 30.6. The molecule has 0 spiro atoms. The number of carbonyl (C=O) groups excluding carboxylic acids is 1. The zero-order chi connectivity index (χ0) is 25.0. The lowest BCUT2D eigenvalue weighted by Gasteiger charge is -2.22. The average Bonchev–Trinajstić information content (AvgIpc) is 3.40. The molecule has 2 aliphatic rings. The highest BCUT2D eigenvalue weighted by Gasteiger charge is 2.46. The Hall–Kier alpha value is -3.65. The minimum Gasteiger partial charge on any atom is -0.508 e. The van der Waals surface area contributed by atoms with Gasteiger partial charge in [0.05, 0.1) is 21.7 Å². The standard InChI is InChI=1S/C20H20ClN3O3.C6H5FO/c21-15-11-16(17(22-12-15)24-9-1-2-10-24)18(25)23-20(7-8-20)14-5-3-13(4-6-14)19(26)27;7-5-2-1-3-6(8)4-5/h3-6,11-12H,1-2,7-10H2,(H,23,25)(H,26,27);1-4,8H. The maximum Gasteiger partial charge on any atom is 0.335 e. The Morgan fingerprint density at radius 3 is 2.29 bits per heavy atom. The van der Waals surface area contributed by atoms with Crippen molar-refractivity contribution in [2.75, 3.05) is 18.0 Å². The van der Waals surface area contributed by atoms with Gasteiger partial charge < -0.3 is 20.4 Å². The first-order valence-electron chi connectivity index (χ1n) is 11.3. The van der Waals surface area contributed by atoms with Crippen molar-refractivity contribution in [2.45, 2.75) is 31.2 Å². The van der Waals surface area contributed by atoms with Crippen LogP contribution >= 0.6 is 11.6 Å². The number of halogens is 2. The summed E-state index contributed by atoms with van der Waals surface area (Å²) >= 11 is 6.10. The maximum absolute atomic E-state index is 13.0. The van der Waals surface area contributed by atoms with E-state index in [9.17, 15) is 14.0 Å². The summed E-state index contributed by atoms with van der Waals surface area (Å²) in [5.74, 6) is -0.941. The fraction of sp³-hybridized carbons (Fsp3) is 0.269. The number of carboxylic acid groups (broad SMARTS) is 1. The summed E-state index contributed by atoms with van der Waals surface area (Å²) < 4.78 is 12.0. The van der Waals surface area contributed by atoms with Crippen molar-refractivity contribution in [3.05, 3.63) is 88.3 Å². The number of hydrogen-bond donors (Lipinski definition) is 3. The van der Waals surface area contributed by atoms with E-state index < -0.39 is 17.3 Å². The molecule has 2 heterocycles. The molecule has 1 saturated heterocycles. The molecular formula is C26H25ClFN3O4. The molecule has 5 rings (SSSR count). The predicted octanol–water partition coefficient (Wildman–Crippen LogP) is 4.98. The number of phenolic OH excluding ortho intramolecular Hbond substituents is 1. The molecule has 182 valence electrons. The number of hydrogen-bond acceptors (Lipinski definition) is 5. The molecule has 1 saturated carbocycles. The number of rotatable bonds is 5. The van der Waals surface area contributed by atoms with E-state index in [1.54, 1.807) is 36.5 Å². The van der Waals surface area contributed by atoms with E-state index in [1.165, 1.54) is 18.2 Å². The van der Waals surface area contributed by atoms with Crippen LogP contribution in [0.3, 0.4) is 0 Å². The van der Waals surface area contributed by atoms with Gasteiger partial charge in [-0.15, -0.1) is 0 Å². The van der Waals surface area contributed by atoms with Crippen LogP contribution in [0.1, 0.15) is 52.0 Å². The fourth-order valence-corrected chi connectivity index (χ4v) is 4.24. The van der Waals surface area contributed by atoms with Crippen molar-refractivity contribution in [3.8, 4) is 5.75 Å². The number of carboxylic acids is 1. The highest BCUT2D eigenvalue weighted by Crippen LogP contribution is 2.46. The SMILES string of the molecule is O=C(O)c1ccc(C2(NC(=O)c3cc(Cl)cnc3N3CCCC3)CC2)cc1.Oc1cccc(F)c1. The van der Waals surface area contributed by atoms with Gasteiger partial charge in [-0.3, -0.25) is 4.79 Å². The minimum atomic E-state index is -0.962. The summed E-state index contributed by atoms with van der Waals surface area (Å²) in [5.41, 5.74) is 1.19. The van der Waals surface area contributed by atoms with Gasteiger partial charge in [0, 0.05) is 25.4 Å². The lowest BCUT2D eigenvalue weighted by Crippen LogP contribution is -2.36. The second kappa shape index (κ2) is 10.3. The zero-order valence-corrected chi connectivity index (χ0v) is 19.6. The molecule has 1 aliphatic carbocycles. The van der Waals surface area contributed by atoms with Gasteiger partial charge in [0.2, 0.25) is 0 Å². The molecule has 1 aliphatic heterocycles. The van der Waals surface area contributed by atoms with E-state index in [-0.39, 0.29) is 17.2 Å². The van der Waals surface area contributed by atoms with Crippen molar-refractivity contribution in [1.82, 2.24) is 10.3 Å². The fourth-order valence-electron chi connectivity index (χ4n) is 4.08. The van der Waals surface area contributed by atoms with Crippen LogP contribution in [0.4, 0.5) is 10.2 Å². The molecule has 1 amide bonds. The number of nitrogens with one attached hydrogen (secondary N) is 1. The van der Waals surface area contributed by atoms with Crippen molar-refractivity contribution in [2.24, 2.45) is 0 Å². The van der Waals surface area contributed by atoms with Crippen LogP contribution < -0.4 is 10.2 Å². The molecule has 7 nitrogen and oxygen atoms in total. The second-order valence-electron chi connectivity index (χ2n) is 8.62. The smallest absolute Gasteiger partial charge is 0.335 e. The van der Waals surface area contributed by atoms with Crippen molar-refractivity contribution in [1.29, 1.82) is 0 Å². The van der Waals surface area contributed by atoms with Gasteiger partial charge in [-0.2, -0.15) is 0 Å². The quantitative estimate of drug-likeness (QED) is 0.459. The van der Waals surface area contributed by atoms with Gasteiger partial charge >= 0.3 is 5.97 Å². The van der Waals surface area contributed by atoms with E-state index in [2.05, 4.69) is 15.2 Å². The van der Waals surface area contributed by atoms with Crippen LogP contribution in [0.2, 0.25) is 5.02 Å². The average molecular weight is 498 g/mol. The molecule has 0 bridgehead atoms. The van der Waals surface area contributed by atoms with E-state index in [0.29, 0.717) is 16.4 Å². The van der Waals surface area contributed by atoms with Gasteiger partial charge in [0.1, 0.15) is 17.4 Å². The molecule has 2 aromatic carbocycles. The third-order valence-electron chi connectivity index (χ3n) is 6.08. The third-order valence-corrected chi connectivity index (χ3v) is 6.29. The Bertz CT molecular complexity index is 1210. The molecule has 3 aromatic rings. The number of nitrogens with zero attached hydrogens (tertiary/aromatic N) is 2. The maximum atomic E-state index is 13.0. The molecule has 3 N–H and O–H groups in total. The first-order chi connectivity index (χ1) is 16.8. The van der Waals surface area contributed by atoms with Crippen LogP contribution in [0.15, 0.2) is 60.8 Å². The minimum absolute atomic E-state index is 0.0370. The topological polar surface area (TPSA) is 103 Å². The molecule has 0 atom stereocenters. The number of aromatic nitrogens is 1. The first-order valence-corrected chi connectivity index (χ1v) is 11.7. The Morgan fingerprint density at radius 2 is 1.74 bits per heavy atom. The molecular weight excluding hydrogens is 473 g/mol. The van der Waals surface area contributed by atoms with Crippen LogP contribution in [-0.2, 0) is 5.54 Å². The van der Waals surface area contributed by atoms with E-state index in [1.807, 2.05) is 0 Å². The molecule has 9 heteroatoms. The van der Waals surface area contributed by atoms with Crippen molar-refractivity contribution < 1.29 is 24.2 Å². The van der Waals surface area contributed by atoms with Gasteiger partial charge in [0.15, 0.2) is 0 Å². The lowest BCUT2D eigenvalue weighted by molar-refractivity contribution is 0.0696. The molecule has 0 unspecified atom stereocenters. The normalized spacial score (nSPS) is 15.7. The molecule has 2 fully saturated rings. The van der Waals surface area contributed by atoms with Crippen LogP contribution in [0, 0.1) is 5.82 Å². The zero-order valence-electron chi connectivity index (χ0n) is 18.9. The lowest BCUT2D eigenvalue weighted by atomic mass is 10.0. The van der Waals surface area contributed by atoms with Gasteiger partial charge in [-0.1, -0.05) is 29.8 Å². The summed E-state index contributed by atoms with van der Waals surface area (Å²) in [7, 11) is 0. The predicted molar refractivity (Wildman–Crippen MR) is 131 cm³/mol. The highest BCUT2D eigenvalue weighted by atomic mass is 35.5. The Kier molecular flexibility index (Phi) is 7.21. The number of carbonyl (C=O) groups is 2. The Balaban J connectivity index is 0.000000308. The van der Waals surface area contributed by atoms with E-state index >= 15 is 0 Å². The first kappa shape index (κ1) is 24.5. The number of aromatic carboxylic acids is 1. The van der Waals surface area contributed by atoms with E-state index in [0.717, 1.165) is 50.4 Å². The number of amides is 1. The number of aromatic hydroxyl groups is 1. The number of phenols is 1. The van der Waals surface area contributed by atoms with Crippen LogP contribution in [0.25, 0.3) is 0 Å². The summed E-state index contributed by atoms with van der Waals surface area (Å²) in [6.45, 7) is 1.77. The van der Waals surface area contributed by atoms with Gasteiger partial charge in [-0.25, -0.2) is 14.2 Å². The largest absolute Gasteiger partial charge is 0.508 e. The number of benzene rings is 2. The number of pyridine rings is 1. The van der Waals surface area contributed by atoms with Crippen LogP contribution in [-0.4, -0.2) is 40.2 Å². The summed E-state index contributed by atoms with van der Waals surface area (Å²) in [6, 6.07) is 13.6. The Morgan fingerprint density at radius 1 is 1.06 bits per heavy atom. The van der Waals surface area contributed by atoms with Crippen LogP contribution in [0.5, 0.6) is 5.75 Å². The highest BCUT2D eigenvalue weighted by molar-refractivity contribution is 6.31. The van der Waals surface area contributed by atoms with E-state index in [4.69, 9.17) is 21.8 Å². The van der Waals surface area contributed by atoms with Crippen molar-refractivity contribution in [3.63, 3.8) is 0 Å². The molecule has 0 radical (unpaired) electrons. The number of anilines is 1. The second-order valence-corrected chi connectivity index (χ2v) is 9.05. The summed E-state index contributed by atoms with van der Waals surface area (Å²) in [5, 5.41) is 21.2.